The lowest BCUT2D eigenvalue weighted by molar-refractivity contribution is 0.0112. The van der Waals surface area contributed by atoms with Gasteiger partial charge in [-0.15, -0.1) is 0 Å². The van der Waals surface area contributed by atoms with Gasteiger partial charge >= 0.3 is 7.82 Å². The third kappa shape index (κ3) is 5.37. The van der Waals surface area contributed by atoms with Crippen LogP contribution in [0.2, 0.25) is 0 Å². The van der Waals surface area contributed by atoms with Gasteiger partial charge in [-0.3, -0.25) is 4.52 Å². The first kappa shape index (κ1) is 17.4. The first-order valence-electron chi connectivity index (χ1n) is 7.25. The Balaban J connectivity index is 3.13. The Bertz CT molecular complexity index is 419. The lowest BCUT2D eigenvalue weighted by Gasteiger charge is -2.34. The Morgan fingerprint density at radius 1 is 1.05 bits per heavy atom. The highest BCUT2D eigenvalue weighted by molar-refractivity contribution is 7.46. The average Bonchev–Trinajstić information content (AvgIpc) is 2.41. The van der Waals surface area contributed by atoms with Crippen LogP contribution in [0.25, 0.3) is 0 Å². The van der Waals surface area contributed by atoms with Crippen LogP contribution in [0.5, 0.6) is 0 Å². The van der Waals surface area contributed by atoms with Gasteiger partial charge in [-0.1, -0.05) is 69.9 Å². The zero-order chi connectivity index (χ0) is 15.1. The maximum Gasteiger partial charge on any atom is 0.470 e. The fraction of sp³-hybridized carbons (Fsp3) is 0.600. The molecule has 0 saturated heterocycles. The second-order valence-electron chi connectivity index (χ2n) is 5.15. The van der Waals surface area contributed by atoms with Gasteiger partial charge in [0.15, 0.2) is 0 Å². The van der Waals surface area contributed by atoms with Gasteiger partial charge in [-0.25, -0.2) is 4.57 Å². The van der Waals surface area contributed by atoms with Crippen LogP contribution in [0.4, 0.5) is 0 Å². The van der Waals surface area contributed by atoms with Gasteiger partial charge in [0.2, 0.25) is 0 Å². The van der Waals surface area contributed by atoms with E-state index in [2.05, 4.69) is 13.8 Å². The summed E-state index contributed by atoms with van der Waals surface area (Å²) in [7, 11) is -4.53. The molecule has 0 aliphatic rings. The lowest BCUT2D eigenvalue weighted by Crippen LogP contribution is -2.29. The van der Waals surface area contributed by atoms with Crippen molar-refractivity contribution in [1.29, 1.82) is 0 Å². The zero-order valence-corrected chi connectivity index (χ0v) is 13.2. The van der Waals surface area contributed by atoms with E-state index in [1.807, 2.05) is 30.3 Å². The SMILES string of the molecule is CCCCC(CCCC)(OP(=O)(O)O)c1ccccc1. The molecule has 0 aliphatic heterocycles. The minimum Gasteiger partial charge on any atom is -0.303 e. The highest BCUT2D eigenvalue weighted by Gasteiger charge is 2.38. The van der Waals surface area contributed by atoms with Crippen molar-refractivity contribution in [3.63, 3.8) is 0 Å². The zero-order valence-electron chi connectivity index (χ0n) is 12.3. The summed E-state index contributed by atoms with van der Waals surface area (Å²) >= 11 is 0. The Hall–Kier alpha value is -0.670. The van der Waals surface area contributed by atoms with E-state index in [1.165, 1.54) is 0 Å². The van der Waals surface area contributed by atoms with Crippen LogP contribution in [0, 0.1) is 0 Å². The Morgan fingerprint density at radius 2 is 1.55 bits per heavy atom. The van der Waals surface area contributed by atoms with Crippen molar-refractivity contribution < 1.29 is 18.9 Å². The van der Waals surface area contributed by atoms with Crippen LogP contribution in [0.1, 0.15) is 57.9 Å². The lowest BCUT2D eigenvalue weighted by atomic mass is 9.84. The second-order valence-corrected chi connectivity index (χ2v) is 6.31. The molecule has 0 atom stereocenters. The van der Waals surface area contributed by atoms with E-state index in [-0.39, 0.29) is 0 Å². The summed E-state index contributed by atoms with van der Waals surface area (Å²) in [4.78, 5) is 18.6. The van der Waals surface area contributed by atoms with E-state index in [0.717, 1.165) is 31.2 Å². The largest absolute Gasteiger partial charge is 0.470 e. The summed E-state index contributed by atoms with van der Waals surface area (Å²) in [6.07, 6.45) is 4.92. The minimum atomic E-state index is -4.53. The summed E-state index contributed by atoms with van der Waals surface area (Å²) in [5.41, 5.74) is -0.0306. The van der Waals surface area contributed by atoms with Crippen molar-refractivity contribution in [3.05, 3.63) is 35.9 Å². The number of benzene rings is 1. The number of phosphoric acid groups is 1. The van der Waals surface area contributed by atoms with E-state index in [4.69, 9.17) is 4.52 Å². The Labute approximate surface area is 121 Å². The van der Waals surface area contributed by atoms with E-state index in [1.54, 1.807) is 0 Å². The quantitative estimate of drug-likeness (QED) is 0.664. The van der Waals surface area contributed by atoms with Gasteiger partial charge in [-0.05, 0) is 18.4 Å². The van der Waals surface area contributed by atoms with Gasteiger partial charge in [0, 0.05) is 0 Å². The van der Waals surface area contributed by atoms with Crippen LogP contribution in [-0.4, -0.2) is 9.79 Å². The molecule has 2 N–H and O–H groups in total. The first-order chi connectivity index (χ1) is 9.43. The Morgan fingerprint density at radius 3 is 1.95 bits per heavy atom. The molecule has 0 unspecified atom stereocenters. The predicted molar refractivity (Wildman–Crippen MR) is 80.3 cm³/mol. The van der Waals surface area contributed by atoms with Crippen molar-refractivity contribution in [2.75, 3.05) is 0 Å². The van der Waals surface area contributed by atoms with E-state index in [9.17, 15) is 14.4 Å². The van der Waals surface area contributed by atoms with Crippen LogP contribution in [0.3, 0.4) is 0 Å². The Kier molecular flexibility index (Phi) is 6.90. The topological polar surface area (TPSA) is 66.8 Å². The second kappa shape index (κ2) is 7.94. The molecule has 20 heavy (non-hydrogen) atoms. The van der Waals surface area contributed by atoms with E-state index >= 15 is 0 Å². The van der Waals surface area contributed by atoms with Crippen LogP contribution < -0.4 is 0 Å². The summed E-state index contributed by atoms with van der Waals surface area (Å²) in [5, 5.41) is 0. The molecule has 0 fully saturated rings. The summed E-state index contributed by atoms with van der Waals surface area (Å²) in [5.74, 6) is 0. The molecule has 4 nitrogen and oxygen atoms in total. The molecule has 0 aromatic heterocycles. The van der Waals surface area contributed by atoms with Gasteiger partial charge in [0.1, 0.15) is 5.60 Å². The molecule has 1 aromatic rings. The van der Waals surface area contributed by atoms with Gasteiger partial charge < -0.3 is 9.79 Å². The van der Waals surface area contributed by atoms with Gasteiger partial charge in [-0.2, -0.15) is 0 Å². The van der Waals surface area contributed by atoms with Crippen molar-refractivity contribution in [2.24, 2.45) is 0 Å². The third-order valence-corrected chi connectivity index (χ3v) is 4.05. The number of unbranched alkanes of at least 4 members (excludes halogenated alkanes) is 2. The first-order valence-corrected chi connectivity index (χ1v) is 8.78. The highest BCUT2D eigenvalue weighted by Crippen LogP contribution is 2.50. The van der Waals surface area contributed by atoms with Crippen LogP contribution in [-0.2, 0) is 14.7 Å². The number of hydrogen-bond acceptors (Lipinski definition) is 2. The summed E-state index contributed by atoms with van der Waals surface area (Å²) in [6, 6.07) is 9.43. The minimum absolute atomic E-state index is 0.624. The third-order valence-electron chi connectivity index (χ3n) is 3.46. The molecule has 0 saturated carbocycles. The molecule has 5 heteroatoms. The van der Waals surface area contributed by atoms with Crippen LogP contribution >= 0.6 is 7.82 Å². The summed E-state index contributed by atoms with van der Waals surface area (Å²) < 4.78 is 16.7. The van der Waals surface area contributed by atoms with Crippen molar-refractivity contribution in [1.82, 2.24) is 0 Å². The summed E-state index contributed by atoms with van der Waals surface area (Å²) in [6.45, 7) is 4.13. The molecule has 114 valence electrons. The maximum absolute atomic E-state index is 11.4. The molecule has 0 spiro atoms. The number of hydrogen-bond donors (Lipinski definition) is 2. The molecule has 0 amide bonds. The fourth-order valence-corrected chi connectivity index (χ4v) is 3.20. The molecule has 1 rings (SSSR count). The molecule has 1 aromatic carbocycles. The molecule has 0 aliphatic carbocycles. The fourth-order valence-electron chi connectivity index (χ4n) is 2.45. The van der Waals surface area contributed by atoms with E-state index < -0.39 is 13.4 Å². The monoisotopic (exact) mass is 300 g/mol. The van der Waals surface area contributed by atoms with Gasteiger partial charge in [0.25, 0.3) is 0 Å². The van der Waals surface area contributed by atoms with Crippen molar-refractivity contribution in [3.8, 4) is 0 Å². The number of rotatable bonds is 9. The van der Waals surface area contributed by atoms with Crippen LogP contribution in [0.15, 0.2) is 30.3 Å². The molecule has 0 radical (unpaired) electrons. The predicted octanol–water partition coefficient (Wildman–Crippen LogP) is 4.37. The van der Waals surface area contributed by atoms with E-state index in [0.29, 0.717) is 12.8 Å². The standard InChI is InChI=1S/C15H25O4P/c1-3-5-12-15(13-6-4-2,19-20(16,17)18)14-10-8-7-9-11-14/h7-11H,3-6,12-13H2,1-2H3,(H2,16,17,18). The van der Waals surface area contributed by atoms with Crippen molar-refractivity contribution in [2.45, 2.75) is 58.0 Å². The smallest absolute Gasteiger partial charge is 0.303 e. The average molecular weight is 300 g/mol. The molecular weight excluding hydrogens is 275 g/mol. The maximum atomic E-state index is 11.4. The van der Waals surface area contributed by atoms with Gasteiger partial charge in [0.05, 0.1) is 0 Å². The normalized spacial score (nSPS) is 12.6. The number of phosphoric ester groups is 1. The van der Waals surface area contributed by atoms with Crippen molar-refractivity contribution >= 4 is 7.82 Å². The molecule has 0 heterocycles. The highest BCUT2D eigenvalue weighted by atomic mass is 31.2. The molecular formula is C15H25O4P. The molecule has 0 bridgehead atoms.